The summed E-state index contributed by atoms with van der Waals surface area (Å²) in [4.78, 5) is 4.70. The van der Waals surface area contributed by atoms with Crippen molar-refractivity contribution in [1.29, 1.82) is 0 Å². The first-order chi connectivity index (χ1) is 38.0. The fourth-order valence-electron chi connectivity index (χ4n) is 11.8. The highest BCUT2D eigenvalue weighted by Crippen LogP contribution is 2.53. The van der Waals surface area contributed by atoms with E-state index in [0.717, 1.165) is 78.4 Å². The van der Waals surface area contributed by atoms with Crippen LogP contribution in [0.25, 0.3) is 44.5 Å². The van der Waals surface area contributed by atoms with Crippen molar-refractivity contribution in [1.82, 2.24) is 0 Å². The highest BCUT2D eigenvalue weighted by Gasteiger charge is 2.41. The lowest BCUT2D eigenvalue weighted by Gasteiger charge is -2.44. The van der Waals surface area contributed by atoms with Gasteiger partial charge in [0.15, 0.2) is 0 Å². The van der Waals surface area contributed by atoms with Crippen molar-refractivity contribution < 1.29 is 13.2 Å². The minimum Gasteiger partial charge on any atom is -0.330 e. The molecule has 0 amide bonds. The number of allylic oxidation sites excluding steroid dienone is 10. The molecule has 390 valence electrons. The molecule has 0 heterocycles. The van der Waals surface area contributed by atoms with Gasteiger partial charge in [-0.25, -0.2) is 0 Å². The van der Waals surface area contributed by atoms with Crippen molar-refractivity contribution in [3.63, 3.8) is 0 Å². The molecule has 12 rings (SSSR count). The minimum atomic E-state index is -4.49. The lowest BCUT2D eigenvalue weighted by atomic mass is 9.67. The molecule has 0 aromatic heterocycles. The Morgan fingerprint density at radius 3 is 1.43 bits per heavy atom. The van der Waals surface area contributed by atoms with Gasteiger partial charge in [0.2, 0.25) is 0 Å². The number of aryl methyl sites for hydroxylation is 9. The van der Waals surface area contributed by atoms with E-state index in [1.807, 2.05) is 0 Å². The Hall–Kier alpha value is -8.67. The van der Waals surface area contributed by atoms with Crippen molar-refractivity contribution in [2.24, 2.45) is 5.92 Å². The zero-order valence-electron chi connectivity index (χ0n) is 46.3. The fourth-order valence-corrected chi connectivity index (χ4v) is 11.8. The van der Waals surface area contributed by atoms with E-state index < -0.39 is 17.8 Å². The third kappa shape index (κ3) is 9.35. The predicted molar refractivity (Wildman–Crippen MR) is 324 cm³/mol. The summed E-state index contributed by atoms with van der Waals surface area (Å²) in [6.07, 6.45) is 13.6. The van der Waals surface area contributed by atoms with Crippen LogP contribution in [0.4, 0.5) is 35.9 Å². The molecule has 8 aromatic rings. The van der Waals surface area contributed by atoms with Gasteiger partial charge in [-0.3, -0.25) is 0 Å². The molecular weight excluding hydrogens is 974 g/mol. The molecule has 79 heavy (non-hydrogen) atoms. The third-order valence-electron chi connectivity index (χ3n) is 17.1. The SMILES string of the molecule is Cc1ccc(N(C2=C3C=CC4=C5C(=CC=C(C=C2)C35)C(N(c2ccc(C(F)(F)F)cc2)c2ccc(-c3ccc(C)c(C)c3)cc2-c2ccc(C)c(C)c2)C=C4)c2ccc(-c3ccc(C)c(C)c3)cc2-c2ccc(C)c(C)c2)cc1. The molecule has 8 aromatic carbocycles. The normalized spacial score (nSPS) is 16.3. The Bertz CT molecular complexity index is 4040. The number of nitrogens with zero attached hydrogens (tertiary/aromatic N) is 2. The second-order valence-electron chi connectivity index (χ2n) is 22.1. The molecular formula is C74H63F3N2. The van der Waals surface area contributed by atoms with Crippen LogP contribution in [0.1, 0.15) is 55.6 Å². The highest BCUT2D eigenvalue weighted by molar-refractivity contribution is 5.92. The first-order valence-corrected chi connectivity index (χ1v) is 27.4. The highest BCUT2D eigenvalue weighted by atomic mass is 19.4. The Morgan fingerprint density at radius 2 is 0.886 bits per heavy atom. The molecule has 2 atom stereocenters. The lowest BCUT2D eigenvalue weighted by molar-refractivity contribution is -0.137. The Kier molecular flexibility index (Phi) is 12.9. The van der Waals surface area contributed by atoms with Crippen LogP contribution in [-0.4, -0.2) is 6.04 Å². The van der Waals surface area contributed by atoms with Crippen molar-refractivity contribution in [2.75, 3.05) is 9.80 Å². The number of hydrogen-bond acceptors (Lipinski definition) is 2. The van der Waals surface area contributed by atoms with Crippen molar-refractivity contribution in [2.45, 2.75) is 74.5 Å². The van der Waals surface area contributed by atoms with Gasteiger partial charge in [-0.15, -0.1) is 0 Å². The number of rotatable bonds is 10. The smallest absolute Gasteiger partial charge is 0.330 e. The van der Waals surface area contributed by atoms with E-state index in [-0.39, 0.29) is 5.92 Å². The lowest BCUT2D eigenvalue weighted by Crippen LogP contribution is -2.37. The van der Waals surface area contributed by atoms with Gasteiger partial charge in [-0.2, -0.15) is 13.2 Å². The van der Waals surface area contributed by atoms with Crippen LogP contribution in [0.2, 0.25) is 0 Å². The molecule has 5 heteroatoms. The van der Waals surface area contributed by atoms with E-state index in [1.54, 1.807) is 12.1 Å². The van der Waals surface area contributed by atoms with Crippen LogP contribution in [0, 0.1) is 68.2 Å². The average Bonchev–Trinajstić information content (AvgIpc) is 3.45. The van der Waals surface area contributed by atoms with E-state index in [1.165, 1.54) is 78.9 Å². The molecule has 0 spiro atoms. The molecule has 0 saturated heterocycles. The summed E-state index contributed by atoms with van der Waals surface area (Å²) >= 11 is 0. The van der Waals surface area contributed by atoms with Gasteiger partial charge >= 0.3 is 6.18 Å². The monoisotopic (exact) mass is 1040 g/mol. The topological polar surface area (TPSA) is 6.48 Å². The third-order valence-corrected chi connectivity index (χ3v) is 17.1. The van der Waals surface area contributed by atoms with E-state index in [4.69, 9.17) is 0 Å². The summed E-state index contributed by atoms with van der Waals surface area (Å²) in [5.41, 5.74) is 29.6. The first kappa shape index (κ1) is 51.1. The largest absolute Gasteiger partial charge is 0.416 e. The number of benzene rings is 8. The van der Waals surface area contributed by atoms with Gasteiger partial charge in [-0.05, 0) is 235 Å². The van der Waals surface area contributed by atoms with E-state index in [2.05, 4.69) is 254 Å². The molecule has 0 N–H and O–H groups in total. The van der Waals surface area contributed by atoms with Gasteiger partial charge < -0.3 is 9.80 Å². The molecule has 2 unspecified atom stereocenters. The van der Waals surface area contributed by atoms with Crippen LogP contribution in [-0.2, 0) is 6.18 Å². The molecule has 2 nitrogen and oxygen atoms in total. The molecule has 0 radical (unpaired) electrons. The van der Waals surface area contributed by atoms with Crippen LogP contribution < -0.4 is 9.80 Å². The zero-order chi connectivity index (χ0) is 55.0. The van der Waals surface area contributed by atoms with E-state index in [0.29, 0.717) is 5.69 Å². The molecule has 0 fully saturated rings. The summed E-state index contributed by atoms with van der Waals surface area (Å²) in [6.45, 7) is 19.3. The van der Waals surface area contributed by atoms with Crippen LogP contribution in [0.15, 0.2) is 240 Å². The Balaban J connectivity index is 1.03. The molecule has 0 bridgehead atoms. The second kappa shape index (κ2) is 20.0. The maximum atomic E-state index is 14.4. The Labute approximate surface area is 463 Å². The second-order valence-corrected chi connectivity index (χ2v) is 22.1. The number of alkyl halides is 3. The van der Waals surface area contributed by atoms with Crippen molar-refractivity contribution in [3.8, 4) is 44.5 Å². The number of hydrogen-bond donors (Lipinski definition) is 0. The predicted octanol–water partition coefficient (Wildman–Crippen LogP) is 20.2. The maximum Gasteiger partial charge on any atom is 0.416 e. The summed E-state index contributed by atoms with van der Waals surface area (Å²) in [5.74, 6) is -0.124. The van der Waals surface area contributed by atoms with Gasteiger partial charge in [0.1, 0.15) is 0 Å². The molecule has 4 aliphatic carbocycles. The molecule has 0 saturated carbocycles. The van der Waals surface area contributed by atoms with Gasteiger partial charge in [0.05, 0.1) is 23.0 Å². The fraction of sp³-hybridized carbons (Fsp3) is 0.162. The number of anilines is 4. The molecule has 4 aliphatic rings. The van der Waals surface area contributed by atoms with E-state index in [9.17, 15) is 13.2 Å². The van der Waals surface area contributed by atoms with Crippen molar-refractivity contribution >= 4 is 22.7 Å². The van der Waals surface area contributed by atoms with Crippen molar-refractivity contribution in [3.05, 3.63) is 296 Å². The van der Waals surface area contributed by atoms with Crippen LogP contribution >= 0.6 is 0 Å². The number of halogens is 3. The summed E-state index contributed by atoms with van der Waals surface area (Å²) in [6, 6.07) is 54.3. The quantitative estimate of drug-likeness (QED) is 0.135. The summed E-state index contributed by atoms with van der Waals surface area (Å²) in [7, 11) is 0. The van der Waals surface area contributed by atoms with Gasteiger partial charge in [0.25, 0.3) is 0 Å². The average molecular weight is 1040 g/mol. The van der Waals surface area contributed by atoms with Crippen LogP contribution in [0.3, 0.4) is 0 Å². The van der Waals surface area contributed by atoms with Crippen LogP contribution in [0.5, 0.6) is 0 Å². The standard InChI is InChI=1S/C74H63F3N2/c1-44-10-28-62(29-11-44)78(70-36-24-57(55-16-12-45(2)49(6)38-55)42-66(70)59-18-14-47(4)51(8)40-59)68-34-22-53-21-33-65-69(35-23-54-20-32-64(68)72(53)73(54)65)79(63-30-26-61(27-31-63)74(75,76)77)71-37-25-58(56-17-13-46(3)50(7)39-56)43-67(71)60-19-15-48(5)52(9)41-60/h10-43,69,72H,1-9H3. The summed E-state index contributed by atoms with van der Waals surface area (Å²) < 4.78 is 43.2. The van der Waals surface area contributed by atoms with Gasteiger partial charge in [0, 0.05) is 34.1 Å². The molecule has 0 aliphatic heterocycles. The van der Waals surface area contributed by atoms with E-state index >= 15 is 0 Å². The van der Waals surface area contributed by atoms with Gasteiger partial charge in [-0.1, -0.05) is 145 Å². The zero-order valence-corrected chi connectivity index (χ0v) is 46.3. The maximum absolute atomic E-state index is 14.4. The minimum absolute atomic E-state index is 0.124. The first-order valence-electron chi connectivity index (χ1n) is 27.4. The summed E-state index contributed by atoms with van der Waals surface area (Å²) in [5, 5.41) is 0. The Morgan fingerprint density at radius 1 is 0.405 bits per heavy atom.